The van der Waals surface area contributed by atoms with Crippen molar-refractivity contribution >= 4 is 38.3 Å². The summed E-state index contributed by atoms with van der Waals surface area (Å²) in [7, 11) is 0. The number of thiazole rings is 1. The highest BCUT2D eigenvalue weighted by atomic mass is 79.9. The smallest absolute Gasteiger partial charge is 0.228 e. The Balaban J connectivity index is 1.87. The van der Waals surface area contributed by atoms with Crippen LogP contribution in [0.3, 0.4) is 0 Å². The maximum atomic E-state index is 11.6. The van der Waals surface area contributed by atoms with E-state index in [1.165, 1.54) is 11.3 Å². The van der Waals surface area contributed by atoms with Crippen LogP contribution >= 0.6 is 27.3 Å². The minimum atomic E-state index is -0.265. The number of rotatable bonds is 3. The van der Waals surface area contributed by atoms with Crippen molar-refractivity contribution in [3.8, 4) is 0 Å². The standard InChI is InChI=1S/C9H12BrN3OS/c10-6-5-12-8(15-6)13-7(14)4-9(11)2-1-3-9/h5H,1-4,11H2,(H,12,13,14). The average Bonchev–Trinajstić information content (AvgIpc) is 2.48. The summed E-state index contributed by atoms with van der Waals surface area (Å²) >= 11 is 4.69. The van der Waals surface area contributed by atoms with Crippen LogP contribution in [0.5, 0.6) is 0 Å². The highest BCUT2D eigenvalue weighted by molar-refractivity contribution is 9.11. The number of amides is 1. The van der Waals surface area contributed by atoms with Crippen LogP contribution in [-0.4, -0.2) is 16.4 Å². The molecule has 1 fully saturated rings. The number of anilines is 1. The van der Waals surface area contributed by atoms with Crippen molar-refractivity contribution in [3.05, 3.63) is 9.98 Å². The van der Waals surface area contributed by atoms with E-state index in [2.05, 4.69) is 26.2 Å². The third-order valence-corrected chi connectivity index (χ3v) is 3.98. The zero-order chi connectivity index (χ0) is 10.9. The first-order valence-corrected chi connectivity index (χ1v) is 6.38. The van der Waals surface area contributed by atoms with E-state index in [0.29, 0.717) is 11.6 Å². The zero-order valence-corrected chi connectivity index (χ0v) is 10.5. The average molecular weight is 290 g/mol. The molecule has 1 aliphatic rings. The molecular formula is C9H12BrN3OS. The van der Waals surface area contributed by atoms with Gasteiger partial charge in [-0.1, -0.05) is 11.3 Å². The van der Waals surface area contributed by atoms with Gasteiger partial charge in [0.05, 0.1) is 9.98 Å². The number of halogens is 1. The summed E-state index contributed by atoms with van der Waals surface area (Å²) in [6.45, 7) is 0. The maximum absolute atomic E-state index is 11.6. The van der Waals surface area contributed by atoms with Gasteiger partial charge in [0.2, 0.25) is 5.91 Å². The molecule has 0 aromatic carbocycles. The maximum Gasteiger partial charge on any atom is 0.228 e. The molecule has 1 aromatic rings. The van der Waals surface area contributed by atoms with E-state index in [4.69, 9.17) is 5.73 Å². The van der Waals surface area contributed by atoms with E-state index in [0.717, 1.165) is 23.0 Å². The molecule has 15 heavy (non-hydrogen) atoms. The first kappa shape index (κ1) is 11.0. The molecule has 1 saturated carbocycles. The highest BCUT2D eigenvalue weighted by Gasteiger charge is 2.34. The van der Waals surface area contributed by atoms with Gasteiger partial charge in [-0.2, -0.15) is 0 Å². The van der Waals surface area contributed by atoms with E-state index in [1.54, 1.807) is 6.20 Å². The van der Waals surface area contributed by atoms with E-state index in [-0.39, 0.29) is 11.4 Å². The number of hydrogen-bond acceptors (Lipinski definition) is 4. The van der Waals surface area contributed by atoms with Gasteiger partial charge in [0.15, 0.2) is 5.13 Å². The lowest BCUT2D eigenvalue weighted by molar-refractivity contribution is -0.118. The quantitative estimate of drug-likeness (QED) is 0.896. The number of aromatic nitrogens is 1. The van der Waals surface area contributed by atoms with E-state index in [1.807, 2.05) is 0 Å². The van der Waals surface area contributed by atoms with Crippen LogP contribution in [0.2, 0.25) is 0 Å². The Bertz CT molecular complexity index is 375. The Kier molecular flexibility index (Phi) is 3.08. The normalized spacial score (nSPS) is 18.3. The molecule has 1 aliphatic carbocycles. The molecule has 0 atom stereocenters. The van der Waals surface area contributed by atoms with E-state index >= 15 is 0 Å². The number of nitrogens with two attached hydrogens (primary N) is 1. The van der Waals surface area contributed by atoms with Crippen LogP contribution < -0.4 is 11.1 Å². The van der Waals surface area contributed by atoms with Gasteiger partial charge < -0.3 is 11.1 Å². The first-order valence-electron chi connectivity index (χ1n) is 4.77. The van der Waals surface area contributed by atoms with Crippen LogP contribution in [0.1, 0.15) is 25.7 Å². The fourth-order valence-electron chi connectivity index (χ4n) is 1.60. The van der Waals surface area contributed by atoms with Gasteiger partial charge in [-0.25, -0.2) is 4.98 Å². The zero-order valence-electron chi connectivity index (χ0n) is 8.12. The van der Waals surface area contributed by atoms with Crippen LogP contribution in [0.25, 0.3) is 0 Å². The van der Waals surface area contributed by atoms with Crippen LogP contribution in [-0.2, 0) is 4.79 Å². The molecular weight excluding hydrogens is 278 g/mol. The molecule has 0 spiro atoms. The number of nitrogens with zero attached hydrogens (tertiary/aromatic N) is 1. The molecule has 82 valence electrons. The third kappa shape index (κ3) is 2.76. The summed E-state index contributed by atoms with van der Waals surface area (Å²) in [5.41, 5.74) is 5.71. The van der Waals surface area contributed by atoms with Crippen molar-refractivity contribution in [1.82, 2.24) is 4.98 Å². The molecule has 0 saturated heterocycles. The Hall–Kier alpha value is -0.460. The second kappa shape index (κ2) is 4.19. The minimum Gasteiger partial charge on any atom is -0.325 e. The SMILES string of the molecule is NC1(CC(=O)Nc2ncc(Br)s2)CCC1. The highest BCUT2D eigenvalue weighted by Crippen LogP contribution is 2.32. The molecule has 0 radical (unpaired) electrons. The molecule has 3 N–H and O–H groups in total. The van der Waals surface area contributed by atoms with Crippen molar-refractivity contribution in [2.75, 3.05) is 5.32 Å². The van der Waals surface area contributed by atoms with Gasteiger partial charge in [0.1, 0.15) is 0 Å². The minimum absolute atomic E-state index is 0.0425. The van der Waals surface area contributed by atoms with Gasteiger partial charge in [-0.15, -0.1) is 0 Å². The predicted octanol–water partition coefficient (Wildman–Crippen LogP) is 2.12. The topological polar surface area (TPSA) is 68.0 Å². The van der Waals surface area contributed by atoms with Gasteiger partial charge >= 0.3 is 0 Å². The van der Waals surface area contributed by atoms with E-state index in [9.17, 15) is 4.79 Å². The second-order valence-electron chi connectivity index (χ2n) is 3.91. The number of carbonyl (C=O) groups excluding carboxylic acids is 1. The van der Waals surface area contributed by atoms with Gasteiger partial charge in [-0.3, -0.25) is 4.79 Å². The molecule has 0 unspecified atom stereocenters. The van der Waals surface area contributed by atoms with Gasteiger partial charge in [0.25, 0.3) is 0 Å². The molecule has 0 aliphatic heterocycles. The Morgan fingerprint density at radius 1 is 1.73 bits per heavy atom. The van der Waals surface area contributed by atoms with Crippen molar-refractivity contribution in [2.45, 2.75) is 31.2 Å². The second-order valence-corrected chi connectivity index (χ2v) is 6.32. The third-order valence-electron chi connectivity index (χ3n) is 2.59. The fraction of sp³-hybridized carbons (Fsp3) is 0.556. The molecule has 1 amide bonds. The number of hydrogen-bond donors (Lipinski definition) is 2. The van der Waals surface area contributed by atoms with Crippen molar-refractivity contribution in [2.24, 2.45) is 5.73 Å². The van der Waals surface area contributed by atoms with Crippen molar-refractivity contribution in [3.63, 3.8) is 0 Å². The van der Waals surface area contributed by atoms with Gasteiger partial charge in [-0.05, 0) is 35.2 Å². The fourth-order valence-corrected chi connectivity index (χ4v) is 2.73. The van der Waals surface area contributed by atoms with Crippen LogP contribution in [0.15, 0.2) is 9.98 Å². The molecule has 0 bridgehead atoms. The molecule has 6 heteroatoms. The molecule has 1 aromatic heterocycles. The van der Waals surface area contributed by atoms with E-state index < -0.39 is 0 Å². The lowest BCUT2D eigenvalue weighted by Gasteiger charge is -2.37. The van der Waals surface area contributed by atoms with Crippen LogP contribution in [0, 0.1) is 0 Å². The Labute approximate surface area is 100 Å². The molecule has 4 nitrogen and oxygen atoms in total. The summed E-state index contributed by atoms with van der Waals surface area (Å²) in [6.07, 6.45) is 5.09. The summed E-state index contributed by atoms with van der Waals surface area (Å²) in [4.78, 5) is 15.6. The number of nitrogens with one attached hydrogen (secondary N) is 1. The summed E-state index contributed by atoms with van der Waals surface area (Å²) in [5.74, 6) is -0.0425. The van der Waals surface area contributed by atoms with Crippen molar-refractivity contribution in [1.29, 1.82) is 0 Å². The van der Waals surface area contributed by atoms with Gasteiger partial charge in [0, 0.05) is 12.0 Å². The monoisotopic (exact) mass is 289 g/mol. The molecule has 1 heterocycles. The summed E-state index contributed by atoms with van der Waals surface area (Å²) in [5, 5.41) is 3.37. The Morgan fingerprint density at radius 2 is 2.47 bits per heavy atom. The lowest BCUT2D eigenvalue weighted by Crippen LogP contribution is -2.48. The van der Waals surface area contributed by atoms with Crippen LogP contribution in [0.4, 0.5) is 5.13 Å². The van der Waals surface area contributed by atoms with Crippen molar-refractivity contribution < 1.29 is 4.79 Å². The summed E-state index contributed by atoms with van der Waals surface area (Å²) < 4.78 is 0.906. The first-order chi connectivity index (χ1) is 7.07. The predicted molar refractivity (Wildman–Crippen MR) is 63.8 cm³/mol. The summed E-state index contributed by atoms with van der Waals surface area (Å²) in [6, 6.07) is 0. The lowest BCUT2D eigenvalue weighted by atomic mass is 9.75. The largest absolute Gasteiger partial charge is 0.325 e. The number of carbonyl (C=O) groups is 1. The Morgan fingerprint density at radius 3 is 2.93 bits per heavy atom. The molecule has 2 rings (SSSR count).